The van der Waals surface area contributed by atoms with E-state index in [-0.39, 0.29) is 0 Å². The van der Waals surface area contributed by atoms with Crippen LogP contribution >= 0.6 is 0 Å². The maximum absolute atomic E-state index is 3.48. The lowest BCUT2D eigenvalue weighted by molar-refractivity contribution is 1.23. The third-order valence-electron chi connectivity index (χ3n) is 1.51. The second-order valence-corrected chi connectivity index (χ2v) is 2.27. The minimum atomic E-state index is 1.08. The molecule has 0 aromatic carbocycles. The molecular weight excluding hydrogens is 120 g/mol. The Balaban J connectivity index is 0.000000112. The maximum atomic E-state index is 3.48. The minimum Gasteiger partial charge on any atom is -0.103 e. The molecular formula is C10H12. The molecule has 0 fully saturated rings. The molecule has 2 aliphatic carbocycles. The lowest BCUT2D eigenvalue weighted by atomic mass is 9.95. The summed E-state index contributed by atoms with van der Waals surface area (Å²) in [5, 5.41) is 0. The molecule has 0 amide bonds. The minimum absolute atomic E-state index is 1.08. The lowest BCUT2D eigenvalue weighted by Crippen LogP contribution is -1.85. The predicted octanol–water partition coefficient (Wildman–Crippen LogP) is 3.25. The van der Waals surface area contributed by atoms with Gasteiger partial charge in [-0.3, -0.25) is 0 Å². The Kier molecular flexibility index (Phi) is 2.27. The molecule has 2 rings (SSSR count). The average molecular weight is 132 g/mol. The Bertz CT molecular complexity index is 185. The summed E-state index contributed by atoms with van der Waals surface area (Å²) < 4.78 is 0. The van der Waals surface area contributed by atoms with Gasteiger partial charge in [-0.1, -0.05) is 37.3 Å². The van der Waals surface area contributed by atoms with E-state index in [4.69, 9.17) is 0 Å². The van der Waals surface area contributed by atoms with Crippen LogP contribution in [0.2, 0.25) is 0 Å². The summed E-state index contributed by atoms with van der Waals surface area (Å²) in [7, 11) is 0. The first-order valence-electron chi connectivity index (χ1n) is 3.59. The van der Waals surface area contributed by atoms with Crippen LogP contribution in [-0.2, 0) is 0 Å². The highest BCUT2D eigenvalue weighted by Crippen LogP contribution is 2.29. The van der Waals surface area contributed by atoms with Crippen molar-refractivity contribution < 1.29 is 0 Å². The molecule has 0 heteroatoms. The number of hydrogen-bond donors (Lipinski definition) is 0. The third kappa shape index (κ3) is 1.27. The van der Waals surface area contributed by atoms with Crippen LogP contribution in [-0.4, -0.2) is 0 Å². The topological polar surface area (TPSA) is 0 Å². The van der Waals surface area contributed by atoms with Crippen LogP contribution in [0.4, 0.5) is 0 Å². The van der Waals surface area contributed by atoms with Crippen LogP contribution in [0, 0.1) is 0 Å². The molecule has 0 spiro atoms. The monoisotopic (exact) mass is 132 g/mol. The summed E-state index contributed by atoms with van der Waals surface area (Å²) in [5.41, 5.74) is 2.85. The smallest absolute Gasteiger partial charge is 0.0184 e. The van der Waals surface area contributed by atoms with Gasteiger partial charge in [0.2, 0.25) is 0 Å². The summed E-state index contributed by atoms with van der Waals surface area (Å²) in [5.74, 6) is 0. The second-order valence-electron chi connectivity index (χ2n) is 2.27. The zero-order chi connectivity index (χ0) is 7.40. The van der Waals surface area contributed by atoms with Gasteiger partial charge in [0.25, 0.3) is 0 Å². The summed E-state index contributed by atoms with van der Waals surface area (Å²) in [4.78, 5) is 0. The number of hydrogen-bond acceptors (Lipinski definition) is 0. The molecule has 0 saturated carbocycles. The van der Waals surface area contributed by atoms with Gasteiger partial charge in [-0.15, -0.1) is 6.58 Å². The van der Waals surface area contributed by atoms with Crippen molar-refractivity contribution in [3.63, 3.8) is 0 Å². The Labute approximate surface area is 62.2 Å². The summed E-state index contributed by atoms with van der Waals surface area (Å²) in [6.07, 6.45) is 2.96. The van der Waals surface area contributed by atoms with Gasteiger partial charge >= 0.3 is 0 Å². The zero-order valence-electron chi connectivity index (χ0n) is 6.30. The Morgan fingerprint density at radius 2 is 1.50 bits per heavy atom. The quantitative estimate of drug-likeness (QED) is 0.522. The summed E-state index contributed by atoms with van der Waals surface area (Å²) in [6, 6.07) is 8.48. The van der Waals surface area contributed by atoms with Crippen LogP contribution in [0.5, 0.6) is 0 Å². The molecule has 0 unspecified atom stereocenters. The molecule has 0 nitrogen and oxygen atoms in total. The molecule has 52 valence electrons. The van der Waals surface area contributed by atoms with Crippen LogP contribution in [0.1, 0.15) is 13.3 Å². The Morgan fingerprint density at radius 1 is 1.20 bits per heavy atom. The average Bonchev–Trinajstić information content (AvgIpc) is 1.97. The van der Waals surface area contributed by atoms with E-state index in [0.717, 1.165) is 6.42 Å². The van der Waals surface area contributed by atoms with Crippen LogP contribution < -0.4 is 0 Å². The van der Waals surface area contributed by atoms with E-state index in [0.29, 0.717) is 0 Å². The van der Waals surface area contributed by atoms with E-state index < -0.39 is 0 Å². The predicted molar refractivity (Wildman–Crippen MR) is 45.9 cm³/mol. The molecule has 0 atom stereocenters. The fraction of sp³-hybridized carbons (Fsp3) is 0.200. The number of allylic oxidation sites excluding steroid dienone is 1. The molecule has 0 radical (unpaired) electrons. The van der Waals surface area contributed by atoms with Gasteiger partial charge in [0.1, 0.15) is 0 Å². The van der Waals surface area contributed by atoms with Crippen molar-refractivity contribution in [2.24, 2.45) is 0 Å². The first-order chi connectivity index (χ1) is 4.88. The number of fused-ring (bicyclic) bond motifs is 1. The summed E-state index contributed by atoms with van der Waals surface area (Å²) >= 11 is 0. The maximum Gasteiger partial charge on any atom is -0.0184 e. The Hall–Kier alpha value is -1.04. The molecule has 0 N–H and O–H groups in total. The fourth-order valence-corrected chi connectivity index (χ4v) is 0.663. The van der Waals surface area contributed by atoms with Crippen molar-refractivity contribution in [1.29, 1.82) is 0 Å². The van der Waals surface area contributed by atoms with E-state index in [9.17, 15) is 0 Å². The largest absolute Gasteiger partial charge is 0.103 e. The second kappa shape index (κ2) is 3.21. The first kappa shape index (κ1) is 7.07. The zero-order valence-corrected chi connectivity index (χ0v) is 6.30. The molecule has 0 heterocycles. The van der Waals surface area contributed by atoms with Gasteiger partial charge in [-0.05, 0) is 17.5 Å². The van der Waals surface area contributed by atoms with Gasteiger partial charge in [-0.2, -0.15) is 0 Å². The molecule has 0 aromatic heterocycles. The van der Waals surface area contributed by atoms with Gasteiger partial charge in [0.05, 0.1) is 0 Å². The number of rotatable bonds is 1. The highest BCUT2D eigenvalue weighted by Gasteiger charge is 2.03. The number of benzene rings is 1. The first-order valence-corrected chi connectivity index (χ1v) is 3.59. The molecule has 0 bridgehead atoms. The Morgan fingerprint density at radius 3 is 1.50 bits per heavy atom. The molecule has 0 aliphatic heterocycles. The van der Waals surface area contributed by atoms with Crippen LogP contribution in [0.15, 0.2) is 36.9 Å². The molecule has 2 aliphatic rings. The van der Waals surface area contributed by atoms with Gasteiger partial charge in [0, 0.05) is 0 Å². The van der Waals surface area contributed by atoms with Gasteiger partial charge in [0.15, 0.2) is 0 Å². The lowest BCUT2D eigenvalue weighted by Gasteiger charge is -2.10. The van der Waals surface area contributed by atoms with E-state index in [1.54, 1.807) is 0 Å². The van der Waals surface area contributed by atoms with Crippen molar-refractivity contribution in [2.75, 3.05) is 0 Å². The van der Waals surface area contributed by atoms with E-state index in [1.807, 2.05) is 6.08 Å². The van der Waals surface area contributed by atoms with Gasteiger partial charge < -0.3 is 0 Å². The van der Waals surface area contributed by atoms with E-state index in [2.05, 4.69) is 37.8 Å². The standard InChI is InChI=1S/C6H4.C4H8/c1-2-6-4-3-5(1)6;1-3-4-2/h1-4H;3H,1,4H2,2H3. The van der Waals surface area contributed by atoms with E-state index >= 15 is 0 Å². The fourth-order valence-electron chi connectivity index (χ4n) is 0.663. The van der Waals surface area contributed by atoms with Gasteiger partial charge in [-0.25, -0.2) is 0 Å². The van der Waals surface area contributed by atoms with Crippen molar-refractivity contribution in [1.82, 2.24) is 0 Å². The van der Waals surface area contributed by atoms with Crippen LogP contribution in [0.25, 0.3) is 11.1 Å². The molecule has 0 saturated heterocycles. The van der Waals surface area contributed by atoms with Crippen molar-refractivity contribution in [3.05, 3.63) is 36.9 Å². The van der Waals surface area contributed by atoms with Crippen molar-refractivity contribution >= 4 is 0 Å². The summed E-state index contributed by atoms with van der Waals surface area (Å²) in [6.45, 7) is 5.54. The highest BCUT2D eigenvalue weighted by atomic mass is 14.1. The van der Waals surface area contributed by atoms with E-state index in [1.165, 1.54) is 11.1 Å². The third-order valence-corrected chi connectivity index (χ3v) is 1.51. The SMILES string of the molecule is C=CCC.c1cc2ccc1-2. The molecule has 10 heavy (non-hydrogen) atoms. The van der Waals surface area contributed by atoms with Crippen molar-refractivity contribution in [2.45, 2.75) is 13.3 Å². The van der Waals surface area contributed by atoms with Crippen molar-refractivity contribution in [3.8, 4) is 11.1 Å². The normalized spacial score (nSPS) is 9.30. The van der Waals surface area contributed by atoms with Crippen LogP contribution in [0.3, 0.4) is 0 Å². The molecule has 0 aromatic rings. The highest BCUT2D eigenvalue weighted by molar-refractivity contribution is 5.75.